The standard InChI is InChI=1S/C53H43N/c1-52(2)49-33-40(45-29-41(36-17-9-5-10-18-36)27-42(30-45)37-19-11-6-12-20-37)25-26-48(49)51-50(53(52,3)4)34-47(35-54-51)46-31-43(38-21-13-7-14-22-38)28-44(32-46)39-23-15-8-16-24-39/h5-35H,1-4H3. The molecule has 0 fully saturated rings. The van der Waals surface area contributed by atoms with E-state index in [1.54, 1.807) is 0 Å². The minimum atomic E-state index is -0.197. The van der Waals surface area contributed by atoms with Crippen LogP contribution in [0.25, 0.3) is 78.0 Å². The molecule has 1 aromatic heterocycles. The zero-order chi connectivity index (χ0) is 36.9. The molecule has 0 N–H and O–H groups in total. The molecular formula is C53H43N. The molecule has 1 aliphatic carbocycles. The van der Waals surface area contributed by atoms with Gasteiger partial charge in [0.2, 0.25) is 0 Å². The smallest absolute Gasteiger partial charge is 0.0743 e. The predicted molar refractivity (Wildman–Crippen MR) is 228 cm³/mol. The maximum absolute atomic E-state index is 5.31. The number of hydrogen-bond donors (Lipinski definition) is 0. The average Bonchev–Trinajstić information content (AvgIpc) is 3.23. The van der Waals surface area contributed by atoms with Crippen LogP contribution in [0.15, 0.2) is 188 Å². The van der Waals surface area contributed by atoms with Gasteiger partial charge >= 0.3 is 0 Å². The van der Waals surface area contributed by atoms with Crippen molar-refractivity contribution in [3.8, 4) is 78.0 Å². The van der Waals surface area contributed by atoms with Crippen LogP contribution >= 0.6 is 0 Å². The van der Waals surface area contributed by atoms with Gasteiger partial charge in [0.1, 0.15) is 0 Å². The molecule has 260 valence electrons. The average molecular weight is 694 g/mol. The molecule has 0 saturated heterocycles. The fourth-order valence-electron chi connectivity index (χ4n) is 8.21. The molecule has 0 atom stereocenters. The molecule has 7 aromatic carbocycles. The summed E-state index contributed by atoms with van der Waals surface area (Å²) in [4.78, 5) is 5.31. The van der Waals surface area contributed by atoms with Crippen LogP contribution in [0.2, 0.25) is 0 Å². The van der Waals surface area contributed by atoms with E-state index in [1.807, 2.05) is 0 Å². The molecule has 0 unspecified atom stereocenters. The van der Waals surface area contributed by atoms with Gasteiger partial charge in [-0.15, -0.1) is 0 Å². The summed E-state index contributed by atoms with van der Waals surface area (Å²) in [5, 5.41) is 0. The van der Waals surface area contributed by atoms with Gasteiger partial charge in [-0.25, -0.2) is 0 Å². The second-order valence-electron chi connectivity index (χ2n) is 15.7. The van der Waals surface area contributed by atoms with Gasteiger partial charge in [0.15, 0.2) is 0 Å². The van der Waals surface area contributed by atoms with E-state index in [9.17, 15) is 0 Å². The van der Waals surface area contributed by atoms with Crippen LogP contribution in [0.5, 0.6) is 0 Å². The minimum Gasteiger partial charge on any atom is -0.255 e. The number of aromatic nitrogens is 1. The van der Waals surface area contributed by atoms with Crippen LogP contribution in [0.3, 0.4) is 0 Å². The highest BCUT2D eigenvalue weighted by atomic mass is 14.7. The molecule has 0 saturated carbocycles. The van der Waals surface area contributed by atoms with E-state index in [0.717, 1.165) is 11.3 Å². The summed E-state index contributed by atoms with van der Waals surface area (Å²) in [6.45, 7) is 9.60. The van der Waals surface area contributed by atoms with E-state index in [2.05, 4.69) is 216 Å². The summed E-state index contributed by atoms with van der Waals surface area (Å²) >= 11 is 0. The number of fused-ring (bicyclic) bond motifs is 3. The summed E-state index contributed by atoms with van der Waals surface area (Å²) in [5.74, 6) is 0. The van der Waals surface area contributed by atoms with Crippen molar-refractivity contribution in [3.05, 3.63) is 199 Å². The zero-order valence-electron chi connectivity index (χ0n) is 31.3. The van der Waals surface area contributed by atoms with E-state index in [4.69, 9.17) is 4.98 Å². The first-order chi connectivity index (χ1) is 26.3. The highest BCUT2D eigenvalue weighted by molar-refractivity contribution is 5.86. The van der Waals surface area contributed by atoms with Crippen LogP contribution in [0, 0.1) is 0 Å². The monoisotopic (exact) mass is 693 g/mol. The van der Waals surface area contributed by atoms with Crippen LogP contribution in [0.1, 0.15) is 38.8 Å². The molecule has 1 heteroatoms. The van der Waals surface area contributed by atoms with Crippen molar-refractivity contribution >= 4 is 0 Å². The van der Waals surface area contributed by atoms with Gasteiger partial charge in [0, 0.05) is 22.7 Å². The Morgan fingerprint density at radius 1 is 0.296 bits per heavy atom. The lowest BCUT2D eigenvalue weighted by Crippen LogP contribution is -2.43. The third-order valence-electron chi connectivity index (χ3n) is 12.0. The van der Waals surface area contributed by atoms with Gasteiger partial charge < -0.3 is 0 Å². The summed E-state index contributed by atoms with van der Waals surface area (Å²) in [7, 11) is 0. The van der Waals surface area contributed by atoms with Crippen molar-refractivity contribution in [2.75, 3.05) is 0 Å². The molecule has 0 bridgehead atoms. The quantitative estimate of drug-likeness (QED) is 0.169. The molecule has 9 rings (SSSR count). The van der Waals surface area contributed by atoms with Gasteiger partial charge in [-0.1, -0.05) is 161 Å². The molecular weight excluding hydrogens is 651 g/mol. The van der Waals surface area contributed by atoms with Crippen molar-refractivity contribution < 1.29 is 0 Å². The van der Waals surface area contributed by atoms with Gasteiger partial charge in [-0.3, -0.25) is 4.98 Å². The molecule has 0 spiro atoms. The molecule has 0 radical (unpaired) electrons. The van der Waals surface area contributed by atoms with Crippen molar-refractivity contribution in [1.82, 2.24) is 4.98 Å². The lowest BCUT2D eigenvalue weighted by Gasteiger charge is -2.48. The molecule has 0 aliphatic heterocycles. The van der Waals surface area contributed by atoms with E-state index in [0.29, 0.717) is 0 Å². The molecule has 8 aromatic rings. The Labute approximate surface area is 319 Å². The molecule has 1 heterocycles. The summed E-state index contributed by atoms with van der Waals surface area (Å²) in [5.41, 5.74) is 19.0. The van der Waals surface area contributed by atoms with Gasteiger partial charge in [-0.2, -0.15) is 0 Å². The molecule has 0 amide bonds. The van der Waals surface area contributed by atoms with Crippen molar-refractivity contribution in [2.45, 2.75) is 38.5 Å². The number of benzene rings is 7. The fraction of sp³-hybridized carbons (Fsp3) is 0.113. The Kier molecular flexibility index (Phi) is 8.24. The second-order valence-corrected chi connectivity index (χ2v) is 15.7. The highest BCUT2D eigenvalue weighted by Gasteiger charge is 2.46. The SMILES string of the molecule is CC1(C)c2cc(-c3cc(-c4ccccc4)cc(-c4ccccc4)c3)ccc2-c2ncc(-c3cc(-c4ccccc4)cc(-c4ccccc4)c3)cc2C1(C)C. The zero-order valence-corrected chi connectivity index (χ0v) is 31.3. The van der Waals surface area contributed by atoms with Crippen molar-refractivity contribution in [2.24, 2.45) is 0 Å². The summed E-state index contributed by atoms with van der Waals surface area (Å²) in [6.07, 6.45) is 2.08. The third-order valence-corrected chi connectivity index (χ3v) is 12.0. The lowest BCUT2D eigenvalue weighted by molar-refractivity contribution is 0.298. The van der Waals surface area contributed by atoms with Crippen LogP contribution in [-0.2, 0) is 10.8 Å². The normalized spacial score (nSPS) is 13.9. The lowest BCUT2D eigenvalue weighted by atomic mass is 9.56. The first-order valence-corrected chi connectivity index (χ1v) is 18.9. The molecule has 1 nitrogen and oxygen atoms in total. The summed E-state index contributed by atoms with van der Waals surface area (Å²) in [6, 6.07) is 66.2. The van der Waals surface area contributed by atoms with Gasteiger partial charge in [0.05, 0.1) is 5.69 Å². The maximum Gasteiger partial charge on any atom is 0.0743 e. The van der Waals surface area contributed by atoms with Crippen LogP contribution in [0.4, 0.5) is 0 Å². The Bertz CT molecular complexity index is 2320. The number of hydrogen-bond acceptors (Lipinski definition) is 1. The topological polar surface area (TPSA) is 12.9 Å². The largest absolute Gasteiger partial charge is 0.255 e. The van der Waals surface area contributed by atoms with E-state index >= 15 is 0 Å². The first kappa shape index (κ1) is 33.5. The number of nitrogens with zero attached hydrogens (tertiary/aromatic N) is 1. The van der Waals surface area contributed by atoms with Gasteiger partial charge in [0.25, 0.3) is 0 Å². The van der Waals surface area contributed by atoms with Gasteiger partial charge in [-0.05, 0) is 126 Å². The Morgan fingerprint density at radius 2 is 0.630 bits per heavy atom. The van der Waals surface area contributed by atoms with Crippen molar-refractivity contribution in [1.29, 1.82) is 0 Å². The van der Waals surface area contributed by atoms with E-state index in [1.165, 1.54) is 77.9 Å². The second kappa shape index (κ2) is 13.3. The van der Waals surface area contributed by atoms with Crippen molar-refractivity contribution in [3.63, 3.8) is 0 Å². The summed E-state index contributed by atoms with van der Waals surface area (Å²) < 4.78 is 0. The Hall–Kier alpha value is -6.31. The molecule has 1 aliphatic rings. The third kappa shape index (κ3) is 5.87. The van der Waals surface area contributed by atoms with E-state index in [-0.39, 0.29) is 10.8 Å². The Morgan fingerprint density at radius 3 is 1.04 bits per heavy atom. The molecule has 54 heavy (non-hydrogen) atoms. The number of rotatable bonds is 6. The maximum atomic E-state index is 5.31. The Balaban J connectivity index is 1.17. The van der Waals surface area contributed by atoms with Crippen LogP contribution in [-0.4, -0.2) is 4.98 Å². The first-order valence-electron chi connectivity index (χ1n) is 18.9. The number of pyridine rings is 1. The fourth-order valence-corrected chi connectivity index (χ4v) is 8.21. The van der Waals surface area contributed by atoms with Crippen LogP contribution < -0.4 is 0 Å². The highest BCUT2D eigenvalue weighted by Crippen LogP contribution is 2.54. The van der Waals surface area contributed by atoms with E-state index < -0.39 is 0 Å². The predicted octanol–water partition coefficient (Wildman–Crippen LogP) is 14.3. The minimum absolute atomic E-state index is 0.175.